The van der Waals surface area contributed by atoms with Gasteiger partial charge in [0.05, 0.1) is 29.8 Å². The van der Waals surface area contributed by atoms with Gasteiger partial charge >= 0.3 is 12.1 Å². The highest BCUT2D eigenvalue weighted by molar-refractivity contribution is 7.17. The molecular formula is C24H22F4N4O4S. The molecule has 13 heteroatoms. The third-order valence-electron chi connectivity index (χ3n) is 5.44. The zero-order valence-corrected chi connectivity index (χ0v) is 20.8. The van der Waals surface area contributed by atoms with Gasteiger partial charge in [-0.05, 0) is 26.0 Å². The van der Waals surface area contributed by atoms with E-state index < -0.39 is 23.8 Å². The van der Waals surface area contributed by atoms with Crippen molar-refractivity contribution in [3.05, 3.63) is 52.5 Å². The summed E-state index contributed by atoms with van der Waals surface area (Å²) in [7, 11) is 1.44. The highest BCUT2D eigenvalue weighted by Crippen LogP contribution is 2.38. The second-order valence-corrected chi connectivity index (χ2v) is 8.96. The Labute approximate surface area is 212 Å². The number of hydrogen-bond acceptors (Lipinski definition) is 7. The summed E-state index contributed by atoms with van der Waals surface area (Å²) in [5, 5.41) is 13.0. The lowest BCUT2D eigenvalue weighted by Crippen LogP contribution is -2.16. The van der Waals surface area contributed by atoms with Gasteiger partial charge in [-0.3, -0.25) is 0 Å². The summed E-state index contributed by atoms with van der Waals surface area (Å²) in [6.07, 6.45) is -4.83. The lowest BCUT2D eigenvalue weighted by molar-refractivity contribution is -0.144. The van der Waals surface area contributed by atoms with Crippen LogP contribution >= 0.6 is 11.3 Å². The van der Waals surface area contributed by atoms with Crippen LogP contribution in [-0.2, 0) is 12.7 Å². The zero-order chi connectivity index (χ0) is 26.9. The molecule has 2 N–H and O–H groups in total. The summed E-state index contributed by atoms with van der Waals surface area (Å²) >= 11 is 0.757. The molecule has 1 aromatic carbocycles. The third-order valence-corrected chi connectivity index (χ3v) is 6.57. The van der Waals surface area contributed by atoms with E-state index in [-0.39, 0.29) is 40.2 Å². The number of thiophene rings is 1. The number of carboxylic acids is 1. The number of hydrogen-bond donors (Lipinski definition) is 2. The van der Waals surface area contributed by atoms with Gasteiger partial charge in [0.15, 0.2) is 4.88 Å². The zero-order valence-electron chi connectivity index (χ0n) is 19.9. The van der Waals surface area contributed by atoms with Gasteiger partial charge < -0.3 is 24.5 Å². The average Bonchev–Trinajstić information content (AvgIpc) is 3.39. The van der Waals surface area contributed by atoms with Crippen molar-refractivity contribution in [1.29, 1.82) is 0 Å². The van der Waals surface area contributed by atoms with Gasteiger partial charge in [-0.2, -0.15) is 13.2 Å². The normalized spacial score (nSPS) is 11.6. The lowest BCUT2D eigenvalue weighted by atomic mass is 10.2. The number of carboxylic acid groups (broad SMARTS) is 1. The van der Waals surface area contributed by atoms with Crippen molar-refractivity contribution in [2.24, 2.45) is 0 Å². The van der Waals surface area contributed by atoms with E-state index in [0.29, 0.717) is 23.2 Å². The number of alkyl halides is 3. The Morgan fingerprint density at radius 3 is 2.57 bits per heavy atom. The number of aromatic carboxylic acids is 1. The topological polar surface area (TPSA) is 98.5 Å². The first kappa shape index (κ1) is 26.2. The van der Waals surface area contributed by atoms with Crippen LogP contribution in [0.4, 0.5) is 23.4 Å². The Kier molecular flexibility index (Phi) is 7.25. The standard InChI is InChI=1S/C24H22F4N4O4S/c1-4-36-18-11-19(37-21(18)22(33)34)15-10-20(31-23(30-15)24(26,27)28)29-5-6-32-12(2)7-14-16(32)8-13(25)9-17(14)35-3/h7-11H,4-6H2,1-3H3,(H,33,34)(H,29,30,31). The number of nitrogens with one attached hydrogen (secondary N) is 1. The van der Waals surface area contributed by atoms with E-state index in [1.54, 1.807) is 6.92 Å². The molecule has 0 spiro atoms. The summed E-state index contributed by atoms with van der Waals surface area (Å²) < 4.78 is 67.1. The maximum atomic E-state index is 14.1. The Morgan fingerprint density at radius 1 is 1.16 bits per heavy atom. The van der Waals surface area contributed by atoms with Crippen molar-refractivity contribution in [1.82, 2.24) is 14.5 Å². The monoisotopic (exact) mass is 538 g/mol. The number of anilines is 1. The van der Waals surface area contributed by atoms with Gasteiger partial charge in [-0.15, -0.1) is 11.3 Å². The Bertz CT molecular complexity index is 1470. The van der Waals surface area contributed by atoms with E-state index in [1.165, 1.54) is 31.4 Å². The molecule has 0 bridgehead atoms. The van der Waals surface area contributed by atoms with Crippen molar-refractivity contribution in [3.63, 3.8) is 0 Å². The number of aromatic nitrogens is 3. The second-order valence-electron chi connectivity index (χ2n) is 7.91. The fourth-order valence-corrected chi connectivity index (χ4v) is 4.79. The Morgan fingerprint density at radius 2 is 1.92 bits per heavy atom. The second kappa shape index (κ2) is 10.2. The first-order chi connectivity index (χ1) is 17.5. The summed E-state index contributed by atoms with van der Waals surface area (Å²) in [5.74, 6) is -2.78. The lowest BCUT2D eigenvalue weighted by Gasteiger charge is -2.13. The van der Waals surface area contributed by atoms with Crippen molar-refractivity contribution in [2.75, 3.05) is 25.6 Å². The van der Waals surface area contributed by atoms with Gasteiger partial charge in [-0.1, -0.05) is 0 Å². The van der Waals surface area contributed by atoms with Gasteiger partial charge in [0.2, 0.25) is 5.82 Å². The van der Waals surface area contributed by atoms with Gasteiger partial charge in [0.25, 0.3) is 0 Å². The van der Waals surface area contributed by atoms with Gasteiger partial charge in [-0.25, -0.2) is 19.2 Å². The quantitative estimate of drug-likeness (QED) is 0.258. The number of nitrogens with zero attached hydrogens (tertiary/aromatic N) is 3. The average molecular weight is 539 g/mol. The van der Waals surface area contributed by atoms with Crippen molar-refractivity contribution < 1.29 is 36.9 Å². The summed E-state index contributed by atoms with van der Waals surface area (Å²) in [6.45, 7) is 4.13. The molecule has 0 saturated carbocycles. The molecular weight excluding hydrogens is 516 g/mol. The number of fused-ring (bicyclic) bond motifs is 1. The molecule has 0 aliphatic carbocycles. The highest BCUT2D eigenvalue weighted by Gasteiger charge is 2.36. The molecule has 0 saturated heterocycles. The van der Waals surface area contributed by atoms with Crippen molar-refractivity contribution >= 4 is 34.0 Å². The molecule has 8 nitrogen and oxygen atoms in total. The first-order valence-electron chi connectivity index (χ1n) is 11.1. The van der Waals surface area contributed by atoms with Crippen LogP contribution in [0.1, 0.15) is 28.1 Å². The predicted molar refractivity (Wildman–Crippen MR) is 130 cm³/mol. The molecule has 0 aliphatic heterocycles. The molecule has 0 unspecified atom stereocenters. The van der Waals surface area contributed by atoms with E-state index >= 15 is 0 Å². The molecule has 0 aliphatic rings. The van der Waals surface area contributed by atoms with Crippen LogP contribution in [0, 0.1) is 12.7 Å². The largest absolute Gasteiger partial charge is 0.496 e. The maximum Gasteiger partial charge on any atom is 0.451 e. The fraction of sp³-hybridized carbons (Fsp3) is 0.292. The van der Waals surface area contributed by atoms with Crippen LogP contribution in [0.5, 0.6) is 11.5 Å². The smallest absolute Gasteiger partial charge is 0.451 e. The van der Waals surface area contributed by atoms with E-state index in [9.17, 15) is 27.5 Å². The number of carbonyl (C=O) groups is 1. The predicted octanol–water partition coefficient (Wildman–Crippen LogP) is 5.84. The number of methoxy groups -OCH3 is 1. The maximum absolute atomic E-state index is 14.1. The molecule has 0 amide bonds. The molecule has 37 heavy (non-hydrogen) atoms. The Hall–Kier alpha value is -3.87. The molecule has 3 aromatic heterocycles. The van der Waals surface area contributed by atoms with Crippen LogP contribution in [0.2, 0.25) is 0 Å². The molecule has 3 heterocycles. The number of rotatable bonds is 9. The number of benzene rings is 1. The van der Waals surface area contributed by atoms with Gasteiger partial charge in [0.1, 0.15) is 23.1 Å². The van der Waals surface area contributed by atoms with E-state index in [2.05, 4.69) is 15.3 Å². The molecule has 4 rings (SSSR count). The highest BCUT2D eigenvalue weighted by atomic mass is 32.1. The van der Waals surface area contributed by atoms with Crippen molar-refractivity contribution in [2.45, 2.75) is 26.6 Å². The van der Waals surface area contributed by atoms with Crippen molar-refractivity contribution in [3.8, 4) is 22.1 Å². The first-order valence-corrected chi connectivity index (χ1v) is 11.9. The number of halogens is 4. The minimum Gasteiger partial charge on any atom is -0.496 e. The Balaban J connectivity index is 1.64. The fourth-order valence-electron chi connectivity index (χ4n) is 3.89. The summed E-state index contributed by atoms with van der Waals surface area (Å²) in [5.41, 5.74) is 1.29. The van der Waals surface area contributed by atoms with Crippen LogP contribution in [-0.4, -0.2) is 45.9 Å². The third kappa shape index (κ3) is 5.45. The van der Waals surface area contributed by atoms with E-state index in [1.807, 2.05) is 17.6 Å². The van der Waals surface area contributed by atoms with E-state index in [4.69, 9.17) is 9.47 Å². The van der Waals surface area contributed by atoms with Crippen LogP contribution in [0.25, 0.3) is 21.5 Å². The van der Waals surface area contributed by atoms with Crippen LogP contribution in [0.15, 0.2) is 30.3 Å². The molecule has 0 atom stereocenters. The van der Waals surface area contributed by atoms with Crippen LogP contribution < -0.4 is 14.8 Å². The van der Waals surface area contributed by atoms with E-state index in [0.717, 1.165) is 17.0 Å². The minimum atomic E-state index is -4.83. The summed E-state index contributed by atoms with van der Waals surface area (Å²) in [4.78, 5) is 18.8. The van der Waals surface area contributed by atoms with Crippen LogP contribution in [0.3, 0.4) is 0 Å². The number of aryl methyl sites for hydroxylation is 1. The SMILES string of the molecule is CCOc1cc(-c2cc(NCCn3c(C)cc4c(OC)cc(F)cc43)nc(C(F)(F)F)n2)sc1C(=O)O. The number of ether oxygens (including phenoxy) is 2. The summed E-state index contributed by atoms with van der Waals surface area (Å²) in [6, 6.07) is 7.14. The molecule has 0 radical (unpaired) electrons. The van der Waals surface area contributed by atoms with Gasteiger partial charge in [0, 0.05) is 42.4 Å². The molecule has 0 fully saturated rings. The molecule has 4 aromatic rings. The molecule has 196 valence electrons. The minimum absolute atomic E-state index is 0.0503.